The lowest BCUT2D eigenvalue weighted by Gasteiger charge is -2.12. The summed E-state index contributed by atoms with van der Waals surface area (Å²) in [5, 5.41) is 6.89. The Morgan fingerprint density at radius 1 is 1.00 bits per heavy atom. The van der Waals surface area contributed by atoms with Crippen LogP contribution in [0.2, 0.25) is 5.02 Å². The van der Waals surface area contributed by atoms with Crippen molar-refractivity contribution < 1.29 is 0 Å². The predicted octanol–water partition coefficient (Wildman–Crippen LogP) is 3.50. The topological polar surface area (TPSA) is 72.7 Å². The van der Waals surface area contributed by atoms with Crippen LogP contribution in [0.3, 0.4) is 0 Å². The van der Waals surface area contributed by atoms with E-state index < -0.39 is 0 Å². The van der Waals surface area contributed by atoms with Gasteiger partial charge in [0.05, 0.1) is 11.0 Å². The van der Waals surface area contributed by atoms with Crippen LogP contribution in [0.25, 0.3) is 11.0 Å². The maximum absolute atomic E-state index is 11.2. The fourth-order valence-corrected chi connectivity index (χ4v) is 2.25. The summed E-state index contributed by atoms with van der Waals surface area (Å²) < 4.78 is 0. The van der Waals surface area contributed by atoms with Crippen molar-refractivity contribution in [1.82, 2.24) is 9.97 Å². The number of aromatic amines is 2. The van der Waals surface area contributed by atoms with E-state index in [1.54, 1.807) is 12.1 Å². The summed E-state index contributed by atoms with van der Waals surface area (Å²) in [7, 11) is 0. The zero-order valence-corrected chi connectivity index (χ0v) is 11.8. The first kappa shape index (κ1) is 13.3. The van der Waals surface area contributed by atoms with Crippen LogP contribution in [0.1, 0.15) is 0 Å². The Hall–Kier alpha value is -2.66. The zero-order valence-electron chi connectivity index (χ0n) is 11.0. The van der Waals surface area contributed by atoms with Crippen molar-refractivity contribution in [1.29, 1.82) is 0 Å². The Labute approximate surface area is 125 Å². The highest BCUT2D eigenvalue weighted by Crippen LogP contribution is 2.19. The molecule has 2 aromatic carbocycles. The van der Waals surface area contributed by atoms with E-state index in [0.717, 1.165) is 22.4 Å². The number of fused-ring (bicyclic) bond motifs is 1. The second-order valence-electron chi connectivity index (χ2n) is 4.58. The molecule has 0 unspecified atom stereocenters. The van der Waals surface area contributed by atoms with Gasteiger partial charge in [-0.25, -0.2) is 4.79 Å². The van der Waals surface area contributed by atoms with E-state index in [9.17, 15) is 4.79 Å². The van der Waals surface area contributed by atoms with Gasteiger partial charge >= 0.3 is 5.69 Å². The summed E-state index contributed by atoms with van der Waals surface area (Å²) in [4.78, 5) is 16.6. The summed E-state index contributed by atoms with van der Waals surface area (Å²) in [5.41, 5.74) is 2.94. The van der Waals surface area contributed by atoms with Gasteiger partial charge in [0, 0.05) is 16.4 Å². The Balaban J connectivity index is 1.75. The van der Waals surface area contributed by atoms with E-state index in [0.29, 0.717) is 10.8 Å². The number of rotatable bonds is 4. The fourth-order valence-electron chi connectivity index (χ4n) is 2.06. The second-order valence-corrected chi connectivity index (χ2v) is 5.01. The molecule has 0 radical (unpaired) electrons. The third-order valence-electron chi connectivity index (χ3n) is 2.93. The normalized spacial score (nSPS) is 10.5. The lowest BCUT2D eigenvalue weighted by atomic mass is 10.2. The molecule has 0 saturated heterocycles. The largest absolute Gasteiger partial charge is 0.342 e. The minimum absolute atomic E-state index is 0.224. The second kappa shape index (κ2) is 5.38. The molecule has 0 saturated carbocycles. The maximum Gasteiger partial charge on any atom is 0.323 e. The molecule has 106 valence electrons. The van der Waals surface area contributed by atoms with Crippen molar-refractivity contribution in [3.63, 3.8) is 0 Å². The Kier molecular flexibility index (Phi) is 3.41. The lowest BCUT2D eigenvalue weighted by molar-refractivity contribution is 1.21. The number of halogens is 1. The van der Waals surface area contributed by atoms with E-state index in [4.69, 9.17) is 11.6 Å². The number of hydrogen-bond acceptors (Lipinski definition) is 3. The molecule has 5 nitrogen and oxygen atoms in total. The van der Waals surface area contributed by atoms with Crippen molar-refractivity contribution in [2.24, 2.45) is 0 Å². The molecule has 1 aromatic heterocycles. The van der Waals surface area contributed by atoms with Gasteiger partial charge in [0.25, 0.3) is 0 Å². The van der Waals surface area contributed by atoms with Gasteiger partial charge in [0.2, 0.25) is 0 Å². The number of imidazole rings is 1. The molecular weight excluding hydrogens is 288 g/mol. The number of hydrogen-bond donors (Lipinski definition) is 4. The third-order valence-corrected chi connectivity index (χ3v) is 3.17. The summed E-state index contributed by atoms with van der Waals surface area (Å²) in [6.45, 7) is 3.92. The van der Waals surface area contributed by atoms with Crippen LogP contribution < -0.4 is 16.3 Å². The van der Waals surface area contributed by atoms with Crippen LogP contribution in [-0.4, -0.2) is 9.97 Å². The highest BCUT2D eigenvalue weighted by atomic mass is 35.5. The van der Waals surface area contributed by atoms with Gasteiger partial charge in [-0.3, -0.25) is 0 Å². The van der Waals surface area contributed by atoms with Gasteiger partial charge in [-0.2, -0.15) is 0 Å². The fraction of sp³-hybridized carbons (Fsp3) is 0. The molecule has 3 aromatic rings. The highest BCUT2D eigenvalue weighted by molar-refractivity contribution is 6.30. The summed E-state index contributed by atoms with van der Waals surface area (Å²) in [6.07, 6.45) is 0. The molecule has 0 aliphatic carbocycles. The first-order valence-electron chi connectivity index (χ1n) is 6.31. The average molecular weight is 301 g/mol. The predicted molar refractivity (Wildman–Crippen MR) is 86.8 cm³/mol. The van der Waals surface area contributed by atoms with Crippen LogP contribution in [-0.2, 0) is 0 Å². The summed E-state index contributed by atoms with van der Waals surface area (Å²) >= 11 is 5.93. The standard InChI is InChI=1S/C15H13ClN4O/c1-9(17-11-4-2-3-10(16)7-11)18-12-5-6-13-14(8-12)20-15(21)19-13/h2-8,17-18H,1H2,(H2,19,20,21). The Morgan fingerprint density at radius 3 is 2.48 bits per heavy atom. The van der Waals surface area contributed by atoms with Crippen molar-refractivity contribution in [3.8, 4) is 0 Å². The molecule has 0 spiro atoms. The van der Waals surface area contributed by atoms with Crippen LogP contribution >= 0.6 is 11.6 Å². The van der Waals surface area contributed by atoms with Gasteiger partial charge in [0.15, 0.2) is 0 Å². The number of nitrogens with one attached hydrogen (secondary N) is 4. The molecule has 0 aliphatic heterocycles. The number of H-pyrrole nitrogens is 2. The first-order valence-corrected chi connectivity index (χ1v) is 6.68. The van der Waals surface area contributed by atoms with Crippen molar-refractivity contribution >= 4 is 34.0 Å². The van der Waals surface area contributed by atoms with E-state index in [1.807, 2.05) is 30.3 Å². The molecule has 1 heterocycles. The van der Waals surface area contributed by atoms with Gasteiger partial charge < -0.3 is 20.6 Å². The smallest absolute Gasteiger partial charge is 0.323 e. The molecule has 0 bridgehead atoms. The lowest BCUT2D eigenvalue weighted by Crippen LogP contribution is -2.07. The molecule has 21 heavy (non-hydrogen) atoms. The molecule has 0 amide bonds. The van der Waals surface area contributed by atoms with Crippen LogP contribution in [0.5, 0.6) is 0 Å². The number of anilines is 2. The van der Waals surface area contributed by atoms with Crippen LogP contribution in [0, 0.1) is 0 Å². The quantitative estimate of drug-likeness (QED) is 0.596. The third kappa shape index (κ3) is 3.09. The van der Waals surface area contributed by atoms with Gasteiger partial charge in [-0.1, -0.05) is 24.2 Å². The molecule has 6 heteroatoms. The molecule has 0 aliphatic rings. The SMILES string of the molecule is C=C(Nc1cccc(Cl)c1)Nc1ccc2[nH]c(=O)[nH]c2c1. The van der Waals surface area contributed by atoms with Crippen molar-refractivity contribution in [2.75, 3.05) is 10.6 Å². The van der Waals surface area contributed by atoms with Gasteiger partial charge in [0.1, 0.15) is 5.82 Å². The van der Waals surface area contributed by atoms with Crippen LogP contribution in [0.15, 0.2) is 59.7 Å². The molecule has 3 rings (SSSR count). The monoisotopic (exact) mass is 300 g/mol. The van der Waals surface area contributed by atoms with Gasteiger partial charge in [-0.05, 0) is 36.4 Å². The molecule has 0 fully saturated rings. The zero-order chi connectivity index (χ0) is 14.8. The molecule has 4 N–H and O–H groups in total. The Morgan fingerprint density at radius 2 is 1.71 bits per heavy atom. The van der Waals surface area contributed by atoms with Crippen molar-refractivity contribution in [2.45, 2.75) is 0 Å². The number of benzene rings is 2. The maximum atomic E-state index is 11.2. The van der Waals surface area contributed by atoms with Gasteiger partial charge in [-0.15, -0.1) is 0 Å². The highest BCUT2D eigenvalue weighted by Gasteiger charge is 2.01. The molecular formula is C15H13ClN4O. The van der Waals surface area contributed by atoms with E-state index >= 15 is 0 Å². The first-order chi connectivity index (χ1) is 10.1. The average Bonchev–Trinajstić information content (AvgIpc) is 2.78. The molecule has 0 atom stereocenters. The summed E-state index contributed by atoms with van der Waals surface area (Å²) in [6, 6.07) is 12.9. The van der Waals surface area contributed by atoms with Crippen molar-refractivity contribution in [3.05, 3.63) is 70.4 Å². The summed E-state index contributed by atoms with van der Waals surface area (Å²) in [5.74, 6) is 0.606. The van der Waals surface area contributed by atoms with E-state index in [2.05, 4.69) is 27.2 Å². The van der Waals surface area contributed by atoms with Crippen LogP contribution in [0.4, 0.5) is 11.4 Å². The minimum atomic E-state index is -0.224. The number of aromatic nitrogens is 2. The van der Waals surface area contributed by atoms with E-state index in [-0.39, 0.29) is 5.69 Å². The Bertz CT molecular complexity index is 865. The van der Waals surface area contributed by atoms with E-state index in [1.165, 1.54) is 0 Å². The minimum Gasteiger partial charge on any atom is -0.342 e.